The van der Waals surface area contributed by atoms with Gasteiger partial charge in [-0.25, -0.2) is 4.79 Å². The summed E-state index contributed by atoms with van der Waals surface area (Å²) in [6.45, 7) is 4.49. The fourth-order valence-electron chi connectivity index (χ4n) is 4.95. The molecule has 0 aromatic heterocycles. The molecule has 1 aliphatic carbocycles. The minimum Gasteiger partial charge on any atom is -0.503 e. The molecule has 0 fully saturated rings. The second-order valence-electron chi connectivity index (χ2n) is 8.96. The Morgan fingerprint density at radius 2 is 1.84 bits per heavy atom. The first-order chi connectivity index (χ1) is 17.7. The Bertz CT molecular complexity index is 1270. The number of aromatic hydroxyl groups is 1. The van der Waals surface area contributed by atoms with Crippen molar-refractivity contribution in [2.45, 2.75) is 38.5 Å². The molecule has 1 heterocycles. The minimum atomic E-state index is -0.749. The number of phenols is 1. The first kappa shape index (κ1) is 27.0. The van der Waals surface area contributed by atoms with Crippen LogP contribution in [-0.2, 0) is 19.1 Å². The number of carbonyl (C=O) groups is 2. The van der Waals surface area contributed by atoms with Gasteiger partial charge in [0.15, 0.2) is 17.3 Å². The van der Waals surface area contributed by atoms with E-state index in [9.17, 15) is 14.7 Å². The summed E-state index contributed by atoms with van der Waals surface area (Å²) < 4.78 is 16.1. The number of benzene rings is 2. The molecule has 0 saturated heterocycles. The van der Waals surface area contributed by atoms with Crippen LogP contribution < -0.4 is 10.1 Å². The Balaban J connectivity index is 1.78. The van der Waals surface area contributed by atoms with E-state index < -0.39 is 11.9 Å². The second-order valence-corrected chi connectivity index (χ2v) is 9.80. The number of carbonyl (C=O) groups excluding carboxylic acids is 2. The minimum absolute atomic E-state index is 0.0397. The van der Waals surface area contributed by atoms with Gasteiger partial charge in [-0.3, -0.25) is 4.79 Å². The summed E-state index contributed by atoms with van der Waals surface area (Å²) in [7, 11) is 1.41. The zero-order chi connectivity index (χ0) is 26.7. The van der Waals surface area contributed by atoms with E-state index in [1.165, 1.54) is 7.11 Å². The third kappa shape index (κ3) is 5.64. The van der Waals surface area contributed by atoms with Crippen LogP contribution in [0.25, 0.3) is 0 Å². The number of esters is 1. The summed E-state index contributed by atoms with van der Waals surface area (Å²) in [5.74, 6) is -1.50. The molecule has 2 aromatic carbocycles. The topological polar surface area (TPSA) is 94.1 Å². The predicted octanol–water partition coefficient (Wildman–Crippen LogP) is 5.65. The second kappa shape index (κ2) is 11.6. The Hall–Kier alpha value is -3.00. The van der Waals surface area contributed by atoms with Gasteiger partial charge in [0.05, 0.1) is 24.3 Å². The maximum absolute atomic E-state index is 13.7. The van der Waals surface area contributed by atoms with E-state index in [0.29, 0.717) is 40.5 Å². The molecule has 0 saturated carbocycles. The van der Waals surface area contributed by atoms with Crippen LogP contribution in [0.3, 0.4) is 0 Å². The molecule has 1 aliphatic heterocycles. The summed E-state index contributed by atoms with van der Waals surface area (Å²) in [5, 5.41) is 14.3. The number of dihydropyridines is 1. The van der Waals surface area contributed by atoms with E-state index in [4.69, 9.17) is 37.4 Å². The van der Waals surface area contributed by atoms with Crippen molar-refractivity contribution in [1.29, 1.82) is 0 Å². The van der Waals surface area contributed by atoms with E-state index in [1.54, 1.807) is 19.1 Å². The third-order valence-electron chi connectivity index (χ3n) is 6.66. The Morgan fingerprint density at radius 1 is 1.11 bits per heavy atom. The number of hydrogen-bond donors (Lipinski definition) is 2. The van der Waals surface area contributed by atoms with Crippen molar-refractivity contribution in [3.8, 4) is 11.5 Å². The lowest BCUT2D eigenvalue weighted by Gasteiger charge is -2.37. The summed E-state index contributed by atoms with van der Waals surface area (Å²) >= 11 is 12.4. The molecule has 0 bridgehead atoms. The number of ether oxygens (including phenoxy) is 3. The number of methoxy groups -OCH3 is 1. The highest BCUT2D eigenvalue weighted by atomic mass is 35.5. The SMILES string of the molecule is CCOCCOC(=O)C1=C(C)NC2=C(C(=O)C[C@@H](c3ccc(Cl)cc3)C2)[C@@H]1c1cc(Cl)c(O)c(OC)c1. The molecule has 2 aromatic rings. The highest BCUT2D eigenvalue weighted by molar-refractivity contribution is 6.32. The fraction of sp³-hybridized carbons (Fsp3) is 0.357. The van der Waals surface area contributed by atoms with Crippen molar-refractivity contribution in [2.75, 3.05) is 26.9 Å². The van der Waals surface area contributed by atoms with E-state index in [1.807, 2.05) is 31.2 Å². The molecule has 4 rings (SSSR count). The van der Waals surface area contributed by atoms with Gasteiger partial charge in [0.25, 0.3) is 0 Å². The summed E-state index contributed by atoms with van der Waals surface area (Å²) in [6, 6.07) is 10.6. The van der Waals surface area contributed by atoms with Gasteiger partial charge in [0.2, 0.25) is 0 Å². The van der Waals surface area contributed by atoms with E-state index in [2.05, 4.69) is 5.32 Å². The van der Waals surface area contributed by atoms with Crippen LogP contribution in [0, 0.1) is 0 Å². The molecule has 2 aliphatic rings. The lowest BCUT2D eigenvalue weighted by Crippen LogP contribution is -2.36. The van der Waals surface area contributed by atoms with Crippen molar-refractivity contribution in [2.24, 2.45) is 0 Å². The molecule has 37 heavy (non-hydrogen) atoms. The lowest BCUT2D eigenvalue weighted by molar-refractivity contribution is -0.140. The first-order valence-electron chi connectivity index (χ1n) is 12.1. The fourth-order valence-corrected chi connectivity index (χ4v) is 5.29. The molecule has 2 N–H and O–H groups in total. The van der Waals surface area contributed by atoms with Crippen LogP contribution in [0.15, 0.2) is 58.9 Å². The van der Waals surface area contributed by atoms with Gasteiger partial charge in [-0.05, 0) is 61.6 Å². The first-order valence-corrected chi connectivity index (χ1v) is 12.8. The number of nitrogens with one attached hydrogen (secondary N) is 1. The maximum Gasteiger partial charge on any atom is 0.336 e. The standard InChI is InChI=1S/C28H29Cl2NO6/c1-4-36-9-10-37-28(34)24-15(2)31-21-12-17(16-5-7-19(29)8-6-16)13-22(32)26(21)25(24)18-11-20(30)27(33)23(14-18)35-3/h5-8,11,14,17,25,31,33H,4,9-10,12-13H2,1-3H3/t17-,25+/m0/s1. The molecule has 9 heteroatoms. The van der Waals surface area contributed by atoms with Crippen LogP contribution in [0.1, 0.15) is 49.7 Å². The zero-order valence-corrected chi connectivity index (χ0v) is 22.4. The molecule has 0 radical (unpaired) electrons. The average Bonchev–Trinajstić information content (AvgIpc) is 2.87. The molecule has 0 unspecified atom stereocenters. The van der Waals surface area contributed by atoms with Gasteiger partial charge in [-0.15, -0.1) is 0 Å². The molecule has 0 spiro atoms. The van der Waals surface area contributed by atoms with Crippen molar-refractivity contribution < 1.29 is 28.9 Å². The summed E-state index contributed by atoms with van der Waals surface area (Å²) in [5.41, 5.74) is 3.67. The molecule has 2 atom stereocenters. The van der Waals surface area contributed by atoms with E-state index in [-0.39, 0.29) is 47.9 Å². The van der Waals surface area contributed by atoms with Crippen LogP contribution in [-0.4, -0.2) is 43.8 Å². The quantitative estimate of drug-likeness (QED) is 0.327. The van der Waals surface area contributed by atoms with Crippen molar-refractivity contribution in [1.82, 2.24) is 5.32 Å². The number of halogens is 2. The predicted molar refractivity (Wildman–Crippen MR) is 141 cm³/mol. The van der Waals surface area contributed by atoms with Crippen LogP contribution in [0.5, 0.6) is 11.5 Å². The normalized spacial score (nSPS) is 19.4. The van der Waals surface area contributed by atoms with E-state index in [0.717, 1.165) is 11.3 Å². The van der Waals surface area contributed by atoms with Crippen molar-refractivity contribution >= 4 is 35.0 Å². The van der Waals surface area contributed by atoms with Gasteiger partial charge in [0, 0.05) is 40.9 Å². The lowest BCUT2D eigenvalue weighted by atomic mass is 9.71. The summed E-state index contributed by atoms with van der Waals surface area (Å²) in [6.07, 6.45) is 0.847. The highest BCUT2D eigenvalue weighted by Crippen LogP contribution is 2.48. The largest absolute Gasteiger partial charge is 0.503 e. The third-order valence-corrected chi connectivity index (χ3v) is 7.20. The molecule has 196 valence electrons. The Morgan fingerprint density at radius 3 is 2.51 bits per heavy atom. The van der Waals surface area contributed by atoms with Crippen molar-refractivity contribution in [3.05, 3.63) is 80.1 Å². The highest BCUT2D eigenvalue weighted by Gasteiger charge is 2.42. The molecule has 0 amide bonds. The average molecular weight is 546 g/mol. The van der Waals surface area contributed by atoms with Crippen LogP contribution in [0.4, 0.5) is 0 Å². The van der Waals surface area contributed by atoms with Gasteiger partial charge in [-0.1, -0.05) is 35.3 Å². The van der Waals surface area contributed by atoms with Crippen molar-refractivity contribution in [3.63, 3.8) is 0 Å². The number of ketones is 1. The van der Waals surface area contributed by atoms with E-state index >= 15 is 0 Å². The number of Topliss-reactive ketones (excluding diaryl/α,β-unsaturated/α-hetero) is 1. The smallest absolute Gasteiger partial charge is 0.336 e. The molecular weight excluding hydrogens is 517 g/mol. The van der Waals surface area contributed by atoms with Crippen LogP contribution in [0.2, 0.25) is 10.0 Å². The zero-order valence-electron chi connectivity index (χ0n) is 20.9. The van der Waals surface area contributed by atoms with Gasteiger partial charge < -0.3 is 24.6 Å². The van der Waals surface area contributed by atoms with Gasteiger partial charge >= 0.3 is 5.97 Å². The number of allylic oxidation sites excluding steroid dienone is 3. The number of phenolic OH excluding ortho intramolecular Hbond substituents is 1. The molecule has 7 nitrogen and oxygen atoms in total. The Kier molecular flexibility index (Phi) is 8.47. The number of rotatable bonds is 8. The molecular formula is C28H29Cl2NO6. The van der Waals surface area contributed by atoms with Crippen LogP contribution >= 0.6 is 23.2 Å². The summed E-state index contributed by atoms with van der Waals surface area (Å²) in [4.78, 5) is 27.0. The monoisotopic (exact) mass is 545 g/mol. The van der Waals surface area contributed by atoms with Gasteiger partial charge in [0.1, 0.15) is 6.61 Å². The number of hydrogen-bond acceptors (Lipinski definition) is 7. The maximum atomic E-state index is 13.7. The Labute approximate surface area is 226 Å². The van der Waals surface area contributed by atoms with Gasteiger partial charge in [-0.2, -0.15) is 0 Å².